The van der Waals surface area contributed by atoms with Gasteiger partial charge in [-0.15, -0.1) is 0 Å². The van der Waals surface area contributed by atoms with E-state index >= 15 is 0 Å². The van der Waals surface area contributed by atoms with Crippen molar-refractivity contribution in [3.63, 3.8) is 0 Å². The normalized spacial score (nSPS) is 12.4. The smallest absolute Gasteiger partial charge is 0.137 e. The molecule has 0 amide bonds. The van der Waals surface area contributed by atoms with Gasteiger partial charge in [0.05, 0.1) is 4.47 Å². The van der Waals surface area contributed by atoms with Gasteiger partial charge in [-0.05, 0) is 58.2 Å². The molecule has 0 aliphatic carbocycles. The Morgan fingerprint density at radius 1 is 1.11 bits per heavy atom. The average Bonchev–Trinajstić information content (AvgIpc) is 2.40. The van der Waals surface area contributed by atoms with Crippen LogP contribution in [0.4, 0.5) is 8.78 Å². The fraction of sp³-hybridized carbons (Fsp3) is 0.200. The van der Waals surface area contributed by atoms with E-state index in [1.807, 2.05) is 13.0 Å². The molecule has 1 atom stereocenters. The number of halogens is 3. The average molecular weight is 326 g/mol. The standard InChI is InChI=1S/C15H14BrF2N/c1-10(12-3-5-13(17)6-4-12)19-9-11-2-7-14(16)15(18)8-11/h2-8,10,19H,9H2,1H3/t10-/m0/s1. The molecule has 1 N–H and O–H groups in total. The summed E-state index contributed by atoms with van der Waals surface area (Å²) < 4.78 is 26.6. The van der Waals surface area contributed by atoms with E-state index in [0.717, 1.165) is 11.1 Å². The van der Waals surface area contributed by atoms with E-state index in [2.05, 4.69) is 21.2 Å². The maximum Gasteiger partial charge on any atom is 0.137 e. The molecule has 1 nitrogen and oxygen atoms in total. The van der Waals surface area contributed by atoms with Gasteiger partial charge >= 0.3 is 0 Å². The Kier molecular flexibility index (Phi) is 4.66. The quantitative estimate of drug-likeness (QED) is 0.867. The minimum Gasteiger partial charge on any atom is -0.306 e. The molecular weight excluding hydrogens is 312 g/mol. The van der Waals surface area contributed by atoms with Crippen molar-refractivity contribution < 1.29 is 8.78 Å². The van der Waals surface area contributed by atoms with Gasteiger partial charge < -0.3 is 5.32 Å². The van der Waals surface area contributed by atoms with Crippen LogP contribution in [0.2, 0.25) is 0 Å². The molecule has 0 unspecified atom stereocenters. The highest BCUT2D eigenvalue weighted by Crippen LogP contribution is 2.18. The third-order valence-corrected chi connectivity index (χ3v) is 3.61. The number of benzene rings is 2. The molecule has 0 radical (unpaired) electrons. The Morgan fingerprint density at radius 2 is 1.79 bits per heavy atom. The van der Waals surface area contributed by atoms with E-state index in [-0.39, 0.29) is 17.7 Å². The summed E-state index contributed by atoms with van der Waals surface area (Å²) in [5, 5.41) is 3.28. The largest absolute Gasteiger partial charge is 0.306 e. The lowest BCUT2D eigenvalue weighted by Gasteiger charge is -2.14. The third-order valence-electron chi connectivity index (χ3n) is 2.97. The second-order valence-corrected chi connectivity index (χ2v) is 5.26. The fourth-order valence-electron chi connectivity index (χ4n) is 1.79. The number of rotatable bonds is 4. The Labute approximate surface area is 119 Å². The molecule has 0 saturated carbocycles. The topological polar surface area (TPSA) is 12.0 Å². The first-order valence-electron chi connectivity index (χ1n) is 5.99. The summed E-state index contributed by atoms with van der Waals surface area (Å²) in [4.78, 5) is 0. The van der Waals surface area contributed by atoms with E-state index in [9.17, 15) is 8.78 Å². The van der Waals surface area contributed by atoms with Crippen LogP contribution in [0, 0.1) is 11.6 Å². The molecule has 100 valence electrons. The molecule has 0 spiro atoms. The second kappa shape index (κ2) is 6.26. The van der Waals surface area contributed by atoms with Gasteiger partial charge in [0.1, 0.15) is 11.6 Å². The zero-order chi connectivity index (χ0) is 13.8. The van der Waals surface area contributed by atoms with Crippen molar-refractivity contribution in [1.29, 1.82) is 0 Å². The van der Waals surface area contributed by atoms with Crippen LogP contribution in [0.5, 0.6) is 0 Å². The molecule has 0 fully saturated rings. The molecule has 0 bridgehead atoms. The second-order valence-electron chi connectivity index (χ2n) is 4.40. The first kappa shape index (κ1) is 14.2. The molecule has 0 aliphatic rings. The predicted octanol–water partition coefficient (Wildman–Crippen LogP) is 4.58. The zero-order valence-corrected chi connectivity index (χ0v) is 12.0. The van der Waals surface area contributed by atoms with Crippen molar-refractivity contribution >= 4 is 15.9 Å². The molecule has 0 aliphatic heterocycles. The summed E-state index contributed by atoms with van der Waals surface area (Å²) in [5.41, 5.74) is 1.87. The number of nitrogens with one attached hydrogen (secondary N) is 1. The van der Waals surface area contributed by atoms with E-state index in [4.69, 9.17) is 0 Å². The van der Waals surface area contributed by atoms with Crippen LogP contribution < -0.4 is 5.32 Å². The molecule has 4 heteroatoms. The monoisotopic (exact) mass is 325 g/mol. The van der Waals surface area contributed by atoms with Crippen molar-refractivity contribution in [3.05, 3.63) is 69.7 Å². The summed E-state index contributed by atoms with van der Waals surface area (Å²) in [6, 6.07) is 11.5. The highest BCUT2D eigenvalue weighted by atomic mass is 79.9. The summed E-state index contributed by atoms with van der Waals surface area (Å²) in [6.07, 6.45) is 0. The Hall–Kier alpha value is -1.26. The van der Waals surface area contributed by atoms with Crippen LogP contribution in [0.3, 0.4) is 0 Å². The van der Waals surface area contributed by atoms with Gasteiger partial charge in [0.2, 0.25) is 0 Å². The third kappa shape index (κ3) is 3.85. The summed E-state index contributed by atoms with van der Waals surface area (Å²) in [5.74, 6) is -0.514. The lowest BCUT2D eigenvalue weighted by atomic mass is 10.1. The van der Waals surface area contributed by atoms with Gasteiger partial charge in [-0.3, -0.25) is 0 Å². The van der Waals surface area contributed by atoms with Gasteiger partial charge in [0.25, 0.3) is 0 Å². The van der Waals surface area contributed by atoms with Crippen molar-refractivity contribution in [1.82, 2.24) is 5.32 Å². The highest BCUT2D eigenvalue weighted by molar-refractivity contribution is 9.10. The molecule has 0 saturated heterocycles. The van der Waals surface area contributed by atoms with Gasteiger partial charge in [-0.1, -0.05) is 18.2 Å². The van der Waals surface area contributed by atoms with E-state index in [1.165, 1.54) is 18.2 Å². The SMILES string of the molecule is C[C@H](NCc1ccc(Br)c(F)c1)c1ccc(F)cc1. The van der Waals surface area contributed by atoms with Gasteiger partial charge in [-0.2, -0.15) is 0 Å². The zero-order valence-electron chi connectivity index (χ0n) is 10.5. The van der Waals surface area contributed by atoms with Crippen LogP contribution in [-0.4, -0.2) is 0 Å². The van der Waals surface area contributed by atoms with Crippen LogP contribution in [0.1, 0.15) is 24.1 Å². The van der Waals surface area contributed by atoms with E-state index < -0.39 is 0 Å². The number of hydrogen-bond acceptors (Lipinski definition) is 1. The maximum absolute atomic E-state index is 13.4. The summed E-state index contributed by atoms with van der Waals surface area (Å²) in [7, 11) is 0. The van der Waals surface area contributed by atoms with Crippen LogP contribution in [0.15, 0.2) is 46.9 Å². The maximum atomic E-state index is 13.4. The van der Waals surface area contributed by atoms with Gasteiger partial charge in [0, 0.05) is 12.6 Å². The van der Waals surface area contributed by atoms with Crippen molar-refractivity contribution in [2.45, 2.75) is 19.5 Å². The fourth-order valence-corrected chi connectivity index (χ4v) is 2.04. The van der Waals surface area contributed by atoms with Crippen LogP contribution in [-0.2, 0) is 6.54 Å². The lowest BCUT2D eigenvalue weighted by molar-refractivity contribution is 0.565. The van der Waals surface area contributed by atoms with Crippen molar-refractivity contribution in [2.24, 2.45) is 0 Å². The lowest BCUT2D eigenvalue weighted by Crippen LogP contribution is -2.18. The minimum atomic E-state index is -0.270. The Balaban J connectivity index is 1.98. The van der Waals surface area contributed by atoms with Gasteiger partial charge in [-0.25, -0.2) is 8.78 Å². The molecule has 0 aromatic heterocycles. The van der Waals surface area contributed by atoms with E-state index in [1.54, 1.807) is 18.2 Å². The van der Waals surface area contributed by atoms with Crippen LogP contribution in [0.25, 0.3) is 0 Å². The molecular formula is C15H14BrF2N. The number of hydrogen-bond donors (Lipinski definition) is 1. The molecule has 0 heterocycles. The summed E-state index contributed by atoms with van der Waals surface area (Å²) in [6.45, 7) is 2.55. The first-order chi connectivity index (χ1) is 9.06. The first-order valence-corrected chi connectivity index (χ1v) is 6.78. The van der Waals surface area contributed by atoms with Crippen LogP contribution >= 0.6 is 15.9 Å². The highest BCUT2D eigenvalue weighted by Gasteiger charge is 2.06. The van der Waals surface area contributed by atoms with Gasteiger partial charge in [0.15, 0.2) is 0 Å². The predicted molar refractivity (Wildman–Crippen MR) is 75.8 cm³/mol. The molecule has 2 aromatic rings. The molecule has 2 aromatic carbocycles. The van der Waals surface area contributed by atoms with E-state index in [0.29, 0.717) is 11.0 Å². The molecule has 2 rings (SSSR count). The molecule has 19 heavy (non-hydrogen) atoms. The minimum absolute atomic E-state index is 0.0762. The Morgan fingerprint density at radius 3 is 2.42 bits per heavy atom. The summed E-state index contributed by atoms with van der Waals surface area (Å²) >= 11 is 3.12. The van der Waals surface area contributed by atoms with Crippen molar-refractivity contribution in [3.8, 4) is 0 Å². The Bertz CT molecular complexity index is 555. The van der Waals surface area contributed by atoms with Crippen molar-refractivity contribution in [2.75, 3.05) is 0 Å².